The minimum Gasteiger partial charge on any atom is -0.480 e. The van der Waals surface area contributed by atoms with E-state index in [1.807, 2.05) is 0 Å². The number of alkyl halides is 2. The third kappa shape index (κ3) is 2.15. The molecule has 0 unspecified atom stereocenters. The Labute approximate surface area is 98.8 Å². The number of hydrogen-bond acceptors (Lipinski definition) is 2. The summed E-state index contributed by atoms with van der Waals surface area (Å²) in [5.41, 5.74) is 4.26. The zero-order valence-corrected chi connectivity index (χ0v) is 9.66. The largest absolute Gasteiger partial charge is 0.480 e. The molecule has 2 aliphatic carbocycles. The monoisotopic (exact) mass is 255 g/mol. The molecule has 6 heteroatoms. The molecule has 0 heterocycles. The van der Waals surface area contributed by atoms with Gasteiger partial charge in [-0.25, -0.2) is 8.78 Å². The molecule has 0 aromatic carbocycles. The fourth-order valence-corrected chi connectivity index (χ4v) is 2.94. The minimum atomic E-state index is -2.55. The van der Waals surface area contributed by atoms with E-state index in [2.05, 4.69) is 0 Å². The number of hydrogen-bond donors (Lipinski definition) is 2. The van der Waals surface area contributed by atoms with E-state index in [0.29, 0.717) is 25.7 Å². The van der Waals surface area contributed by atoms with E-state index in [0.717, 1.165) is 0 Å². The van der Waals surface area contributed by atoms with Crippen molar-refractivity contribution >= 4 is 18.4 Å². The van der Waals surface area contributed by atoms with Crippen LogP contribution in [0.15, 0.2) is 0 Å². The van der Waals surface area contributed by atoms with Crippen molar-refractivity contribution in [1.29, 1.82) is 0 Å². The van der Waals surface area contributed by atoms with Crippen molar-refractivity contribution in [3.8, 4) is 0 Å². The van der Waals surface area contributed by atoms with Crippen LogP contribution in [0.2, 0.25) is 0 Å². The zero-order valence-electron chi connectivity index (χ0n) is 8.84. The molecule has 0 amide bonds. The van der Waals surface area contributed by atoms with Crippen LogP contribution in [-0.4, -0.2) is 22.5 Å². The molecule has 94 valence electrons. The lowest BCUT2D eigenvalue weighted by Crippen LogP contribution is -2.64. The Kier molecular flexibility index (Phi) is 3.25. The Morgan fingerprint density at radius 3 is 1.94 bits per heavy atom. The molecule has 0 atom stereocenters. The first-order chi connectivity index (χ1) is 6.77. The van der Waals surface area contributed by atoms with Gasteiger partial charge in [-0.2, -0.15) is 0 Å². The number of carboxylic acids is 1. The van der Waals surface area contributed by atoms with E-state index in [-0.39, 0.29) is 30.7 Å². The van der Waals surface area contributed by atoms with Gasteiger partial charge >= 0.3 is 5.97 Å². The Bertz CT molecular complexity index is 291. The first-order valence-corrected chi connectivity index (χ1v) is 5.17. The molecular weight excluding hydrogens is 240 g/mol. The molecule has 3 N–H and O–H groups in total. The summed E-state index contributed by atoms with van der Waals surface area (Å²) in [5, 5.41) is 8.84. The molecule has 16 heavy (non-hydrogen) atoms. The van der Waals surface area contributed by atoms with Gasteiger partial charge in [-0.15, -0.1) is 12.4 Å². The minimum absolute atomic E-state index is 0. The van der Waals surface area contributed by atoms with E-state index in [9.17, 15) is 13.6 Å². The Morgan fingerprint density at radius 1 is 1.12 bits per heavy atom. The molecule has 2 fully saturated rings. The molecule has 0 aromatic heterocycles. The van der Waals surface area contributed by atoms with Gasteiger partial charge in [0.1, 0.15) is 5.54 Å². The Hall–Kier alpha value is -0.420. The second-order valence-corrected chi connectivity index (χ2v) is 5.17. The van der Waals surface area contributed by atoms with E-state index >= 15 is 0 Å². The maximum atomic E-state index is 12.9. The number of carboxylic acid groups (broad SMARTS) is 1. The highest BCUT2D eigenvalue weighted by atomic mass is 35.5. The predicted molar refractivity (Wildman–Crippen MR) is 56.9 cm³/mol. The summed E-state index contributed by atoms with van der Waals surface area (Å²) >= 11 is 0. The van der Waals surface area contributed by atoms with Crippen LogP contribution in [-0.2, 0) is 4.79 Å². The molecule has 0 aliphatic heterocycles. The fourth-order valence-electron chi connectivity index (χ4n) is 2.94. The van der Waals surface area contributed by atoms with E-state index in [4.69, 9.17) is 10.8 Å². The molecular formula is C10H16ClF2NO2. The summed E-state index contributed by atoms with van der Waals surface area (Å²) < 4.78 is 25.8. The summed E-state index contributed by atoms with van der Waals surface area (Å²) in [6.45, 7) is 0. The van der Waals surface area contributed by atoms with Gasteiger partial charge in [-0.3, -0.25) is 4.79 Å². The summed E-state index contributed by atoms with van der Waals surface area (Å²) in [4.78, 5) is 10.8. The van der Waals surface area contributed by atoms with E-state index in [1.165, 1.54) is 0 Å². The lowest BCUT2D eigenvalue weighted by Gasteiger charge is -2.55. The predicted octanol–water partition coefficient (Wildman–Crippen LogP) is 2.18. The van der Waals surface area contributed by atoms with Gasteiger partial charge in [-0.05, 0) is 31.1 Å². The van der Waals surface area contributed by atoms with Crippen molar-refractivity contribution in [1.82, 2.24) is 0 Å². The Balaban J connectivity index is 0.00000128. The second-order valence-electron chi connectivity index (χ2n) is 5.17. The van der Waals surface area contributed by atoms with Gasteiger partial charge in [0.05, 0.1) is 0 Å². The van der Waals surface area contributed by atoms with Crippen LogP contribution in [0.5, 0.6) is 0 Å². The molecule has 1 spiro atoms. The average molecular weight is 256 g/mol. The summed E-state index contributed by atoms with van der Waals surface area (Å²) in [6, 6.07) is 0. The van der Waals surface area contributed by atoms with Gasteiger partial charge < -0.3 is 10.8 Å². The van der Waals surface area contributed by atoms with Gasteiger partial charge in [0.25, 0.3) is 0 Å². The first-order valence-electron chi connectivity index (χ1n) is 5.17. The fraction of sp³-hybridized carbons (Fsp3) is 0.900. The summed E-state index contributed by atoms with van der Waals surface area (Å²) in [7, 11) is 0. The van der Waals surface area contributed by atoms with Crippen LogP contribution < -0.4 is 5.73 Å². The lowest BCUT2D eigenvalue weighted by molar-refractivity contribution is -0.160. The average Bonchev–Trinajstić information content (AvgIpc) is 2.07. The van der Waals surface area contributed by atoms with Crippen molar-refractivity contribution in [2.45, 2.75) is 50.0 Å². The van der Waals surface area contributed by atoms with Crippen molar-refractivity contribution < 1.29 is 18.7 Å². The maximum Gasteiger partial charge on any atom is 0.323 e. The number of carbonyl (C=O) groups is 1. The maximum absolute atomic E-state index is 12.9. The Morgan fingerprint density at radius 2 is 1.56 bits per heavy atom. The first kappa shape index (κ1) is 13.6. The van der Waals surface area contributed by atoms with E-state index < -0.39 is 17.4 Å². The summed E-state index contributed by atoms with van der Waals surface area (Å²) in [5.74, 6) is -3.56. The summed E-state index contributed by atoms with van der Waals surface area (Å²) in [6.07, 6.45) is 1.28. The highest BCUT2D eigenvalue weighted by Crippen LogP contribution is 2.58. The molecule has 2 rings (SSSR count). The van der Waals surface area contributed by atoms with Crippen LogP contribution in [0, 0.1) is 5.41 Å². The van der Waals surface area contributed by atoms with Crippen molar-refractivity contribution in [3.63, 3.8) is 0 Å². The van der Waals surface area contributed by atoms with E-state index in [1.54, 1.807) is 0 Å². The molecule has 0 bridgehead atoms. The molecule has 0 aromatic rings. The third-order valence-electron chi connectivity index (χ3n) is 3.85. The number of nitrogens with two attached hydrogens (primary N) is 1. The highest BCUT2D eigenvalue weighted by molar-refractivity contribution is 5.85. The van der Waals surface area contributed by atoms with Crippen LogP contribution in [0.3, 0.4) is 0 Å². The van der Waals surface area contributed by atoms with Gasteiger partial charge in [0.2, 0.25) is 5.92 Å². The zero-order chi connectivity index (χ0) is 11.3. The second kappa shape index (κ2) is 3.81. The van der Waals surface area contributed by atoms with Crippen LogP contribution in [0.4, 0.5) is 8.78 Å². The number of rotatable bonds is 1. The molecule has 0 saturated heterocycles. The van der Waals surface area contributed by atoms with Crippen LogP contribution >= 0.6 is 12.4 Å². The molecule has 2 saturated carbocycles. The lowest BCUT2D eigenvalue weighted by atomic mass is 9.52. The highest BCUT2D eigenvalue weighted by Gasteiger charge is 2.59. The molecule has 0 radical (unpaired) electrons. The number of aliphatic carboxylic acids is 1. The van der Waals surface area contributed by atoms with Gasteiger partial charge in [0.15, 0.2) is 0 Å². The normalized spacial score (nSPS) is 28.9. The van der Waals surface area contributed by atoms with Crippen molar-refractivity contribution in [3.05, 3.63) is 0 Å². The smallest absolute Gasteiger partial charge is 0.323 e. The van der Waals surface area contributed by atoms with Crippen molar-refractivity contribution in [2.24, 2.45) is 11.1 Å². The number of halogens is 3. The SMILES string of the molecule is Cl.NC1(C(=O)O)CC2(CCC(F)(F)CC2)C1. The molecule has 3 nitrogen and oxygen atoms in total. The van der Waals surface area contributed by atoms with Gasteiger partial charge in [0, 0.05) is 12.8 Å². The van der Waals surface area contributed by atoms with Crippen LogP contribution in [0.25, 0.3) is 0 Å². The standard InChI is InChI=1S/C10H15F2NO2.ClH/c11-10(12)3-1-8(2-4-10)5-9(13,6-8)7(14)15;/h1-6,13H2,(H,14,15);1H. The van der Waals surface area contributed by atoms with Crippen molar-refractivity contribution in [2.75, 3.05) is 0 Å². The molecule has 2 aliphatic rings. The van der Waals surface area contributed by atoms with Crippen LogP contribution in [0.1, 0.15) is 38.5 Å². The quantitative estimate of drug-likeness (QED) is 0.755. The van der Waals surface area contributed by atoms with Gasteiger partial charge in [-0.1, -0.05) is 0 Å². The third-order valence-corrected chi connectivity index (χ3v) is 3.85. The topological polar surface area (TPSA) is 63.3 Å².